The van der Waals surface area contributed by atoms with E-state index in [0.717, 1.165) is 36.2 Å². The predicted molar refractivity (Wildman–Crippen MR) is 75.3 cm³/mol. The number of aliphatic hydroxyl groups excluding tert-OH is 1. The summed E-state index contributed by atoms with van der Waals surface area (Å²) in [6.07, 6.45) is 1.02. The first-order valence-electron chi connectivity index (χ1n) is 6.59. The number of aliphatic hydroxyl groups is 1. The average Bonchev–Trinajstić information content (AvgIpc) is 2.99. The Kier molecular flexibility index (Phi) is 3.36. The molecule has 1 atom stereocenters. The van der Waals surface area contributed by atoms with E-state index >= 15 is 0 Å². The maximum Gasteiger partial charge on any atom is 0.136 e. The van der Waals surface area contributed by atoms with E-state index in [4.69, 9.17) is 4.74 Å². The molecule has 3 rings (SSSR count). The Labute approximate surface area is 112 Å². The number of pyridine rings is 1. The highest BCUT2D eigenvalue weighted by molar-refractivity contribution is 5.92. The highest BCUT2D eigenvalue weighted by atomic mass is 16.5. The molecule has 1 fully saturated rings. The summed E-state index contributed by atoms with van der Waals surface area (Å²) in [5, 5.41) is 11.6. The van der Waals surface area contributed by atoms with Crippen LogP contribution in [-0.2, 0) is 11.3 Å². The minimum Gasteiger partial charge on any atom is -0.390 e. The molecule has 1 N–H and O–H groups in total. The van der Waals surface area contributed by atoms with Crippen molar-refractivity contribution in [1.82, 2.24) is 4.98 Å². The third-order valence-corrected chi connectivity index (χ3v) is 3.72. The number of fused-ring (bicyclic) bond motifs is 1. The molecule has 100 valence electrons. The molecule has 1 aromatic carbocycles. The van der Waals surface area contributed by atoms with Gasteiger partial charge in [-0.15, -0.1) is 0 Å². The SMILES string of the molecule is CN(c1nc(CO)cc2ccccc12)C1CCOC1. The Morgan fingerprint density at radius 1 is 1.42 bits per heavy atom. The number of ether oxygens (including phenoxy) is 1. The van der Waals surface area contributed by atoms with E-state index in [2.05, 4.69) is 29.1 Å². The first-order valence-corrected chi connectivity index (χ1v) is 6.59. The molecule has 1 aliphatic rings. The van der Waals surface area contributed by atoms with Gasteiger partial charge in [-0.25, -0.2) is 4.98 Å². The van der Waals surface area contributed by atoms with E-state index in [0.29, 0.717) is 11.7 Å². The molecule has 1 aromatic heterocycles. The lowest BCUT2D eigenvalue weighted by Crippen LogP contribution is -2.32. The van der Waals surface area contributed by atoms with Crippen molar-refractivity contribution in [2.75, 3.05) is 25.2 Å². The summed E-state index contributed by atoms with van der Waals surface area (Å²) >= 11 is 0. The summed E-state index contributed by atoms with van der Waals surface area (Å²) in [6, 6.07) is 10.5. The number of anilines is 1. The van der Waals surface area contributed by atoms with Gasteiger partial charge >= 0.3 is 0 Å². The fourth-order valence-corrected chi connectivity index (χ4v) is 2.58. The minimum absolute atomic E-state index is 0.0349. The van der Waals surface area contributed by atoms with Gasteiger partial charge in [-0.1, -0.05) is 24.3 Å². The second-order valence-corrected chi connectivity index (χ2v) is 4.94. The number of likely N-dealkylation sites (N-methyl/N-ethyl adjacent to an activating group) is 1. The molecule has 4 heteroatoms. The van der Waals surface area contributed by atoms with Gasteiger partial charge in [0.25, 0.3) is 0 Å². The molecule has 0 saturated carbocycles. The second-order valence-electron chi connectivity index (χ2n) is 4.94. The van der Waals surface area contributed by atoms with Crippen LogP contribution in [0.25, 0.3) is 10.8 Å². The Morgan fingerprint density at radius 2 is 2.26 bits per heavy atom. The number of benzene rings is 1. The molecule has 0 spiro atoms. The topological polar surface area (TPSA) is 45.6 Å². The Morgan fingerprint density at radius 3 is 3.00 bits per heavy atom. The van der Waals surface area contributed by atoms with Crippen LogP contribution in [0.2, 0.25) is 0 Å². The smallest absolute Gasteiger partial charge is 0.136 e. The van der Waals surface area contributed by atoms with Gasteiger partial charge in [0.2, 0.25) is 0 Å². The van der Waals surface area contributed by atoms with E-state index < -0.39 is 0 Å². The lowest BCUT2D eigenvalue weighted by molar-refractivity contribution is 0.193. The summed E-state index contributed by atoms with van der Waals surface area (Å²) < 4.78 is 5.45. The van der Waals surface area contributed by atoms with Crippen LogP contribution in [0.1, 0.15) is 12.1 Å². The van der Waals surface area contributed by atoms with Crippen molar-refractivity contribution in [1.29, 1.82) is 0 Å². The normalized spacial score (nSPS) is 18.9. The quantitative estimate of drug-likeness (QED) is 0.914. The first kappa shape index (κ1) is 12.4. The highest BCUT2D eigenvalue weighted by Gasteiger charge is 2.23. The van der Waals surface area contributed by atoms with E-state index in [1.54, 1.807) is 0 Å². The van der Waals surface area contributed by atoms with Gasteiger partial charge in [0.05, 0.1) is 24.9 Å². The van der Waals surface area contributed by atoms with Crippen LogP contribution in [-0.4, -0.2) is 36.4 Å². The zero-order valence-electron chi connectivity index (χ0n) is 11.0. The van der Waals surface area contributed by atoms with Crippen LogP contribution in [0.4, 0.5) is 5.82 Å². The molecule has 0 aliphatic carbocycles. The number of hydrogen-bond acceptors (Lipinski definition) is 4. The number of rotatable bonds is 3. The summed E-state index contributed by atoms with van der Waals surface area (Å²) in [5.74, 6) is 0.928. The number of hydrogen-bond donors (Lipinski definition) is 1. The number of nitrogens with zero attached hydrogens (tertiary/aromatic N) is 2. The van der Waals surface area contributed by atoms with Crippen molar-refractivity contribution in [3.05, 3.63) is 36.0 Å². The largest absolute Gasteiger partial charge is 0.390 e. The van der Waals surface area contributed by atoms with Gasteiger partial charge in [-0.2, -0.15) is 0 Å². The number of aromatic nitrogens is 1. The fourth-order valence-electron chi connectivity index (χ4n) is 2.58. The molecule has 2 heterocycles. The third kappa shape index (κ3) is 2.29. The minimum atomic E-state index is -0.0349. The third-order valence-electron chi connectivity index (χ3n) is 3.72. The fraction of sp³-hybridized carbons (Fsp3) is 0.400. The molecule has 0 amide bonds. The molecule has 1 aliphatic heterocycles. The molecule has 1 unspecified atom stereocenters. The zero-order chi connectivity index (χ0) is 13.2. The van der Waals surface area contributed by atoms with Crippen LogP contribution in [0, 0.1) is 0 Å². The van der Waals surface area contributed by atoms with Crippen LogP contribution < -0.4 is 4.90 Å². The Bertz CT molecular complexity index is 579. The average molecular weight is 258 g/mol. The van der Waals surface area contributed by atoms with E-state index in [1.165, 1.54) is 0 Å². The maximum absolute atomic E-state index is 9.36. The zero-order valence-corrected chi connectivity index (χ0v) is 11.0. The van der Waals surface area contributed by atoms with E-state index in [9.17, 15) is 5.11 Å². The lowest BCUT2D eigenvalue weighted by Gasteiger charge is -2.26. The molecule has 2 aromatic rings. The predicted octanol–water partition coefficient (Wildman–Crippen LogP) is 1.95. The molecule has 1 saturated heterocycles. The molecule has 0 bridgehead atoms. The second kappa shape index (κ2) is 5.15. The first-order chi connectivity index (χ1) is 9.29. The van der Waals surface area contributed by atoms with Crippen molar-refractivity contribution in [2.45, 2.75) is 19.1 Å². The molecule has 0 radical (unpaired) electrons. The van der Waals surface area contributed by atoms with Crippen molar-refractivity contribution in [2.24, 2.45) is 0 Å². The van der Waals surface area contributed by atoms with E-state index in [1.807, 2.05) is 18.2 Å². The van der Waals surface area contributed by atoms with Gasteiger partial charge in [0, 0.05) is 19.0 Å². The van der Waals surface area contributed by atoms with Crippen molar-refractivity contribution < 1.29 is 9.84 Å². The maximum atomic E-state index is 9.36. The van der Waals surface area contributed by atoms with Crippen molar-refractivity contribution >= 4 is 16.6 Å². The van der Waals surface area contributed by atoms with Gasteiger partial charge in [-0.05, 0) is 17.9 Å². The van der Waals surface area contributed by atoms with Gasteiger partial charge in [-0.3, -0.25) is 0 Å². The summed E-state index contributed by atoms with van der Waals surface area (Å²) in [5.41, 5.74) is 0.708. The van der Waals surface area contributed by atoms with Gasteiger partial charge < -0.3 is 14.7 Å². The lowest BCUT2D eigenvalue weighted by atomic mass is 10.1. The standard InChI is InChI=1S/C15H18N2O2/c1-17(13-6-7-19-10-13)15-14-5-3-2-4-11(14)8-12(9-18)16-15/h2-5,8,13,18H,6-7,9-10H2,1H3. The van der Waals surface area contributed by atoms with Crippen LogP contribution >= 0.6 is 0 Å². The Hall–Kier alpha value is -1.65. The van der Waals surface area contributed by atoms with Crippen molar-refractivity contribution in [3.8, 4) is 0 Å². The monoisotopic (exact) mass is 258 g/mol. The van der Waals surface area contributed by atoms with Gasteiger partial charge in [0.15, 0.2) is 0 Å². The van der Waals surface area contributed by atoms with Crippen molar-refractivity contribution in [3.63, 3.8) is 0 Å². The van der Waals surface area contributed by atoms with Crippen LogP contribution in [0.15, 0.2) is 30.3 Å². The molecular weight excluding hydrogens is 240 g/mol. The van der Waals surface area contributed by atoms with Crippen LogP contribution in [0.5, 0.6) is 0 Å². The molecule has 19 heavy (non-hydrogen) atoms. The summed E-state index contributed by atoms with van der Waals surface area (Å²) in [7, 11) is 2.05. The highest BCUT2D eigenvalue weighted by Crippen LogP contribution is 2.28. The Balaban J connectivity index is 2.09. The molecule has 4 nitrogen and oxygen atoms in total. The van der Waals surface area contributed by atoms with Gasteiger partial charge in [0.1, 0.15) is 5.82 Å². The van der Waals surface area contributed by atoms with E-state index in [-0.39, 0.29) is 6.61 Å². The summed E-state index contributed by atoms with van der Waals surface area (Å²) in [4.78, 5) is 6.76. The van der Waals surface area contributed by atoms with Crippen LogP contribution in [0.3, 0.4) is 0 Å². The molecular formula is C15H18N2O2. The summed E-state index contributed by atoms with van der Waals surface area (Å²) in [6.45, 7) is 1.52.